The van der Waals surface area contributed by atoms with Gasteiger partial charge in [-0.25, -0.2) is 0 Å². The van der Waals surface area contributed by atoms with E-state index < -0.39 is 0 Å². The van der Waals surface area contributed by atoms with Crippen molar-refractivity contribution >= 4 is 5.91 Å². The van der Waals surface area contributed by atoms with E-state index in [0.29, 0.717) is 19.3 Å². The molecule has 3 nitrogen and oxygen atoms in total. The Labute approximate surface area is 80.1 Å². The first-order valence-corrected chi connectivity index (χ1v) is 5.05. The van der Waals surface area contributed by atoms with Crippen LogP contribution in [0.5, 0.6) is 0 Å². The maximum atomic E-state index is 11.7. The molecule has 0 aromatic rings. The second kappa shape index (κ2) is 4.61. The molecule has 0 aromatic heterocycles. The quantitative estimate of drug-likeness (QED) is 0.648. The molecule has 0 spiro atoms. The predicted molar refractivity (Wildman–Crippen MR) is 51.4 cm³/mol. The van der Waals surface area contributed by atoms with E-state index in [-0.39, 0.29) is 11.8 Å². The van der Waals surface area contributed by atoms with Crippen molar-refractivity contribution in [2.75, 3.05) is 19.8 Å². The summed E-state index contributed by atoms with van der Waals surface area (Å²) in [5.41, 5.74) is 0. The third-order valence-corrected chi connectivity index (χ3v) is 2.48. The van der Waals surface area contributed by atoms with E-state index in [1.54, 1.807) is 0 Å². The first kappa shape index (κ1) is 10.5. The van der Waals surface area contributed by atoms with Crippen LogP contribution >= 0.6 is 0 Å². The lowest BCUT2D eigenvalue weighted by atomic mass is 10.1. The van der Waals surface area contributed by atoms with Crippen LogP contribution in [0.2, 0.25) is 0 Å². The van der Waals surface area contributed by atoms with Gasteiger partial charge in [-0.2, -0.15) is 0 Å². The van der Waals surface area contributed by atoms with Crippen LogP contribution in [-0.4, -0.2) is 36.6 Å². The Balaban J connectivity index is 2.58. The highest BCUT2D eigenvalue weighted by atomic mass is 16.5. The standard InChI is InChI=1S/C10H19NO2/c1-4-9-7-13-6-5-11(9)10(12)8(2)3/h8-9H,4-7H2,1-3H3/t9-/m0/s1. The summed E-state index contributed by atoms with van der Waals surface area (Å²) >= 11 is 0. The molecule has 1 saturated heterocycles. The van der Waals surface area contributed by atoms with Gasteiger partial charge in [-0.1, -0.05) is 20.8 Å². The molecule has 3 heteroatoms. The van der Waals surface area contributed by atoms with Crippen LogP contribution in [0.4, 0.5) is 0 Å². The summed E-state index contributed by atoms with van der Waals surface area (Å²) in [7, 11) is 0. The molecule has 0 aromatic carbocycles. The maximum absolute atomic E-state index is 11.7. The molecule has 1 amide bonds. The summed E-state index contributed by atoms with van der Waals surface area (Å²) in [6, 6.07) is 0.295. The fourth-order valence-electron chi connectivity index (χ4n) is 1.61. The van der Waals surface area contributed by atoms with E-state index in [1.165, 1.54) is 0 Å². The van der Waals surface area contributed by atoms with Gasteiger partial charge in [0.15, 0.2) is 0 Å². The molecule has 0 aliphatic carbocycles. The summed E-state index contributed by atoms with van der Waals surface area (Å²) in [6.45, 7) is 8.15. The lowest BCUT2D eigenvalue weighted by Crippen LogP contribution is -2.49. The lowest BCUT2D eigenvalue weighted by molar-refractivity contribution is -0.143. The number of hydrogen-bond donors (Lipinski definition) is 0. The second-order valence-corrected chi connectivity index (χ2v) is 3.82. The predicted octanol–water partition coefficient (Wildman–Crippen LogP) is 1.28. The minimum absolute atomic E-state index is 0.104. The van der Waals surface area contributed by atoms with Gasteiger partial charge in [0.25, 0.3) is 0 Å². The molecule has 0 radical (unpaired) electrons. The molecule has 13 heavy (non-hydrogen) atoms. The topological polar surface area (TPSA) is 29.5 Å². The molecular formula is C10H19NO2. The number of hydrogen-bond acceptors (Lipinski definition) is 2. The molecule has 1 heterocycles. The Morgan fingerprint density at radius 2 is 2.31 bits per heavy atom. The van der Waals surface area contributed by atoms with Gasteiger partial charge in [0.05, 0.1) is 19.3 Å². The van der Waals surface area contributed by atoms with Crippen LogP contribution in [-0.2, 0) is 9.53 Å². The molecule has 1 atom stereocenters. The summed E-state index contributed by atoms with van der Waals surface area (Å²) < 4.78 is 5.34. The Kier molecular flexibility index (Phi) is 3.72. The van der Waals surface area contributed by atoms with E-state index in [0.717, 1.165) is 13.0 Å². The molecule has 0 bridgehead atoms. The van der Waals surface area contributed by atoms with E-state index in [1.807, 2.05) is 18.7 Å². The van der Waals surface area contributed by atoms with Crippen LogP contribution < -0.4 is 0 Å². The van der Waals surface area contributed by atoms with Crippen LogP contribution in [0.25, 0.3) is 0 Å². The molecule has 0 N–H and O–H groups in total. The van der Waals surface area contributed by atoms with Gasteiger partial charge >= 0.3 is 0 Å². The number of rotatable bonds is 2. The highest BCUT2D eigenvalue weighted by Crippen LogP contribution is 2.13. The van der Waals surface area contributed by atoms with Crippen molar-refractivity contribution in [2.45, 2.75) is 33.2 Å². The molecule has 1 aliphatic rings. The normalized spacial score (nSPS) is 23.7. The molecule has 76 valence electrons. The summed E-state index contributed by atoms with van der Waals surface area (Å²) in [6.07, 6.45) is 0.985. The monoisotopic (exact) mass is 185 g/mol. The Hall–Kier alpha value is -0.570. The van der Waals surface area contributed by atoms with Gasteiger partial charge in [0.2, 0.25) is 5.91 Å². The van der Waals surface area contributed by atoms with Gasteiger partial charge in [0, 0.05) is 12.5 Å². The molecule has 1 rings (SSSR count). The van der Waals surface area contributed by atoms with Crippen LogP contribution in [0.1, 0.15) is 27.2 Å². The summed E-state index contributed by atoms with van der Waals surface area (Å²) in [5.74, 6) is 0.363. The number of nitrogens with zero attached hydrogens (tertiary/aromatic N) is 1. The Morgan fingerprint density at radius 1 is 1.62 bits per heavy atom. The second-order valence-electron chi connectivity index (χ2n) is 3.82. The molecule has 1 fully saturated rings. The van der Waals surface area contributed by atoms with Crippen molar-refractivity contribution in [3.63, 3.8) is 0 Å². The molecule has 1 aliphatic heterocycles. The SMILES string of the molecule is CC[C@H]1COCCN1C(=O)C(C)C. The highest BCUT2D eigenvalue weighted by Gasteiger charge is 2.26. The van der Waals surface area contributed by atoms with E-state index in [9.17, 15) is 4.79 Å². The van der Waals surface area contributed by atoms with Crippen LogP contribution in [0.15, 0.2) is 0 Å². The van der Waals surface area contributed by atoms with Crippen LogP contribution in [0, 0.1) is 5.92 Å². The highest BCUT2D eigenvalue weighted by molar-refractivity contribution is 5.78. The van der Waals surface area contributed by atoms with E-state index >= 15 is 0 Å². The zero-order valence-corrected chi connectivity index (χ0v) is 8.75. The first-order chi connectivity index (χ1) is 6.16. The van der Waals surface area contributed by atoms with Gasteiger partial charge in [-0.3, -0.25) is 4.79 Å². The fourth-order valence-corrected chi connectivity index (χ4v) is 1.61. The van der Waals surface area contributed by atoms with Crippen molar-refractivity contribution in [1.29, 1.82) is 0 Å². The lowest BCUT2D eigenvalue weighted by Gasteiger charge is -2.36. The average Bonchev–Trinajstić information content (AvgIpc) is 2.16. The maximum Gasteiger partial charge on any atom is 0.225 e. The number of amides is 1. The molecule has 0 unspecified atom stereocenters. The van der Waals surface area contributed by atoms with Crippen molar-refractivity contribution in [3.8, 4) is 0 Å². The minimum atomic E-state index is 0.104. The Morgan fingerprint density at radius 3 is 2.85 bits per heavy atom. The fraction of sp³-hybridized carbons (Fsp3) is 0.900. The summed E-state index contributed by atoms with van der Waals surface area (Å²) in [5, 5.41) is 0. The van der Waals surface area contributed by atoms with Gasteiger partial charge < -0.3 is 9.64 Å². The summed E-state index contributed by atoms with van der Waals surface area (Å²) in [4.78, 5) is 13.7. The zero-order valence-electron chi connectivity index (χ0n) is 8.75. The number of carbonyl (C=O) groups excluding carboxylic acids is 1. The van der Waals surface area contributed by atoms with Crippen LogP contribution in [0.3, 0.4) is 0 Å². The third-order valence-electron chi connectivity index (χ3n) is 2.48. The molecular weight excluding hydrogens is 166 g/mol. The van der Waals surface area contributed by atoms with Gasteiger partial charge in [0.1, 0.15) is 0 Å². The average molecular weight is 185 g/mol. The Bertz CT molecular complexity index is 180. The number of ether oxygens (including phenoxy) is 1. The zero-order chi connectivity index (χ0) is 9.84. The first-order valence-electron chi connectivity index (χ1n) is 5.05. The minimum Gasteiger partial charge on any atom is -0.377 e. The van der Waals surface area contributed by atoms with Gasteiger partial charge in [-0.05, 0) is 6.42 Å². The third kappa shape index (κ3) is 2.44. The smallest absolute Gasteiger partial charge is 0.225 e. The number of carbonyl (C=O) groups is 1. The van der Waals surface area contributed by atoms with E-state index in [4.69, 9.17) is 4.74 Å². The number of morpholine rings is 1. The largest absolute Gasteiger partial charge is 0.377 e. The van der Waals surface area contributed by atoms with Crippen molar-refractivity contribution in [3.05, 3.63) is 0 Å². The van der Waals surface area contributed by atoms with Crippen molar-refractivity contribution in [2.24, 2.45) is 5.92 Å². The van der Waals surface area contributed by atoms with Crippen molar-refractivity contribution < 1.29 is 9.53 Å². The van der Waals surface area contributed by atoms with Crippen molar-refractivity contribution in [1.82, 2.24) is 4.90 Å². The van der Waals surface area contributed by atoms with E-state index in [2.05, 4.69) is 6.92 Å². The molecule has 0 saturated carbocycles. The van der Waals surface area contributed by atoms with Gasteiger partial charge in [-0.15, -0.1) is 0 Å².